The third kappa shape index (κ3) is 4.05. The predicted octanol–water partition coefficient (Wildman–Crippen LogP) is 0.292. The van der Waals surface area contributed by atoms with E-state index in [1.165, 1.54) is 7.11 Å². The summed E-state index contributed by atoms with van der Waals surface area (Å²) in [6.45, 7) is 3.11. The van der Waals surface area contributed by atoms with E-state index in [9.17, 15) is 14.4 Å². The zero-order chi connectivity index (χ0) is 19.3. The van der Waals surface area contributed by atoms with Gasteiger partial charge < -0.3 is 25.2 Å². The topological polar surface area (TPSA) is 91.0 Å². The van der Waals surface area contributed by atoms with Gasteiger partial charge in [0.05, 0.1) is 12.6 Å². The first-order valence-corrected chi connectivity index (χ1v) is 9.23. The van der Waals surface area contributed by atoms with Gasteiger partial charge in [0.25, 0.3) is 0 Å². The molecule has 2 fully saturated rings. The zero-order valence-corrected chi connectivity index (χ0v) is 15.6. The molecule has 1 aromatic carbocycles. The van der Waals surface area contributed by atoms with Gasteiger partial charge in [-0.15, -0.1) is 0 Å². The Labute approximate surface area is 158 Å². The van der Waals surface area contributed by atoms with Gasteiger partial charge >= 0.3 is 12.0 Å². The van der Waals surface area contributed by atoms with Crippen LogP contribution < -0.4 is 10.6 Å². The van der Waals surface area contributed by atoms with Crippen molar-refractivity contribution in [2.24, 2.45) is 0 Å². The van der Waals surface area contributed by atoms with E-state index in [4.69, 9.17) is 4.74 Å². The number of carbonyl (C=O) groups is 3. The number of hydrogen-bond acceptors (Lipinski definition) is 5. The van der Waals surface area contributed by atoms with E-state index >= 15 is 0 Å². The lowest BCUT2D eigenvalue weighted by atomic mass is 9.84. The minimum Gasteiger partial charge on any atom is -0.469 e. The second-order valence-electron chi connectivity index (χ2n) is 6.85. The minimum absolute atomic E-state index is 0.0120. The summed E-state index contributed by atoms with van der Waals surface area (Å²) in [5.74, 6) is -0.412. The van der Waals surface area contributed by atoms with Gasteiger partial charge in [0.1, 0.15) is 6.54 Å². The van der Waals surface area contributed by atoms with Crippen LogP contribution in [0.2, 0.25) is 0 Å². The molecule has 2 saturated heterocycles. The molecule has 8 nitrogen and oxygen atoms in total. The molecule has 1 unspecified atom stereocenters. The molecule has 2 N–H and O–H groups in total. The predicted molar refractivity (Wildman–Crippen MR) is 98.9 cm³/mol. The molecule has 1 aromatic rings. The highest BCUT2D eigenvalue weighted by Gasteiger charge is 2.47. The van der Waals surface area contributed by atoms with E-state index in [0.717, 1.165) is 18.7 Å². The molecule has 2 aliphatic rings. The molecule has 3 amide bonds. The fourth-order valence-corrected chi connectivity index (χ4v) is 3.76. The molecule has 0 bridgehead atoms. The molecule has 27 heavy (non-hydrogen) atoms. The highest BCUT2D eigenvalue weighted by Crippen LogP contribution is 2.36. The molecule has 0 radical (unpaired) electrons. The number of nitrogens with zero attached hydrogens (tertiary/aromatic N) is 2. The first-order chi connectivity index (χ1) is 13.1. The van der Waals surface area contributed by atoms with Crippen LogP contribution in [0.15, 0.2) is 30.3 Å². The van der Waals surface area contributed by atoms with Crippen LogP contribution in [0.4, 0.5) is 4.79 Å². The molecule has 0 saturated carbocycles. The van der Waals surface area contributed by atoms with Crippen molar-refractivity contribution in [3.8, 4) is 0 Å². The Morgan fingerprint density at radius 2 is 1.89 bits per heavy atom. The second kappa shape index (κ2) is 8.39. The number of rotatable bonds is 6. The lowest BCUT2D eigenvalue weighted by Gasteiger charge is -2.38. The van der Waals surface area contributed by atoms with Crippen LogP contribution >= 0.6 is 0 Å². The zero-order valence-electron chi connectivity index (χ0n) is 15.6. The van der Waals surface area contributed by atoms with Crippen molar-refractivity contribution in [1.82, 2.24) is 20.4 Å². The van der Waals surface area contributed by atoms with Crippen LogP contribution in [-0.4, -0.2) is 74.1 Å². The smallest absolute Gasteiger partial charge is 0.318 e. The van der Waals surface area contributed by atoms with E-state index in [2.05, 4.69) is 10.6 Å². The summed E-state index contributed by atoms with van der Waals surface area (Å²) in [6.07, 6.45) is 0.552. The van der Waals surface area contributed by atoms with Crippen molar-refractivity contribution >= 4 is 17.9 Å². The Balaban J connectivity index is 1.86. The number of amides is 3. The second-order valence-corrected chi connectivity index (χ2v) is 6.85. The Kier molecular flexibility index (Phi) is 5.95. The number of carbonyl (C=O) groups excluding carboxylic acids is 3. The number of esters is 1. The summed E-state index contributed by atoms with van der Waals surface area (Å²) in [5, 5.41) is 6.08. The summed E-state index contributed by atoms with van der Waals surface area (Å²) >= 11 is 0. The third-order valence-corrected chi connectivity index (χ3v) is 5.34. The largest absolute Gasteiger partial charge is 0.469 e. The highest BCUT2D eigenvalue weighted by molar-refractivity contribution is 5.86. The van der Waals surface area contributed by atoms with Crippen LogP contribution in [0.3, 0.4) is 0 Å². The molecule has 3 rings (SSSR count). The van der Waals surface area contributed by atoms with E-state index in [1.807, 2.05) is 30.3 Å². The van der Waals surface area contributed by atoms with Crippen molar-refractivity contribution in [3.63, 3.8) is 0 Å². The van der Waals surface area contributed by atoms with Gasteiger partial charge in [-0.3, -0.25) is 9.59 Å². The number of ether oxygens (including phenoxy) is 1. The monoisotopic (exact) mass is 374 g/mol. The SMILES string of the molecule is COC(=O)CCC1(c2ccccc2)CNC(=O)N1CC(=O)N1CCNCC1. The van der Waals surface area contributed by atoms with Crippen molar-refractivity contribution in [1.29, 1.82) is 0 Å². The molecule has 2 aliphatic heterocycles. The molecule has 0 aromatic heterocycles. The number of methoxy groups -OCH3 is 1. The quantitative estimate of drug-likeness (QED) is 0.699. The minimum atomic E-state index is -0.754. The average molecular weight is 374 g/mol. The van der Waals surface area contributed by atoms with Crippen molar-refractivity contribution in [2.45, 2.75) is 18.4 Å². The van der Waals surface area contributed by atoms with Gasteiger partial charge in [0.15, 0.2) is 0 Å². The fraction of sp³-hybridized carbons (Fsp3) is 0.526. The lowest BCUT2D eigenvalue weighted by molar-refractivity contribution is -0.141. The summed E-state index contributed by atoms with van der Waals surface area (Å²) in [4.78, 5) is 40.5. The van der Waals surface area contributed by atoms with Crippen LogP contribution in [0.1, 0.15) is 18.4 Å². The lowest BCUT2D eigenvalue weighted by Crippen LogP contribution is -2.53. The van der Waals surface area contributed by atoms with Gasteiger partial charge in [0.2, 0.25) is 5.91 Å². The molecular formula is C19H26N4O4. The normalized spacial score (nSPS) is 22.5. The third-order valence-electron chi connectivity index (χ3n) is 5.34. The number of hydrogen-bond donors (Lipinski definition) is 2. The van der Waals surface area contributed by atoms with E-state index in [1.54, 1.807) is 9.80 Å². The molecule has 8 heteroatoms. The van der Waals surface area contributed by atoms with Crippen LogP contribution in [0.25, 0.3) is 0 Å². The number of nitrogens with one attached hydrogen (secondary N) is 2. The standard InChI is InChI=1S/C19H26N4O4/c1-27-17(25)7-8-19(15-5-3-2-4-6-15)14-21-18(26)23(19)13-16(24)22-11-9-20-10-12-22/h2-6,20H,7-14H2,1H3,(H,21,26). The number of piperazine rings is 1. The summed E-state index contributed by atoms with van der Waals surface area (Å²) in [6, 6.07) is 9.27. The van der Waals surface area contributed by atoms with Gasteiger partial charge in [-0.2, -0.15) is 0 Å². The van der Waals surface area contributed by atoms with Gasteiger partial charge in [-0.1, -0.05) is 30.3 Å². The molecular weight excluding hydrogens is 348 g/mol. The number of urea groups is 1. The Bertz CT molecular complexity index is 690. The highest BCUT2D eigenvalue weighted by atomic mass is 16.5. The van der Waals surface area contributed by atoms with E-state index in [-0.39, 0.29) is 30.9 Å². The molecule has 0 spiro atoms. The maximum atomic E-state index is 12.8. The van der Waals surface area contributed by atoms with Gasteiger partial charge in [0, 0.05) is 39.1 Å². The Morgan fingerprint density at radius 1 is 1.19 bits per heavy atom. The first kappa shape index (κ1) is 19.2. The molecule has 2 heterocycles. The van der Waals surface area contributed by atoms with Crippen LogP contribution in [0.5, 0.6) is 0 Å². The van der Waals surface area contributed by atoms with Crippen LogP contribution in [0, 0.1) is 0 Å². The summed E-state index contributed by atoms with van der Waals surface area (Å²) in [5.41, 5.74) is 0.149. The van der Waals surface area contributed by atoms with Crippen molar-refractivity contribution < 1.29 is 19.1 Å². The maximum Gasteiger partial charge on any atom is 0.318 e. The molecule has 0 aliphatic carbocycles. The van der Waals surface area contributed by atoms with Gasteiger partial charge in [-0.05, 0) is 12.0 Å². The van der Waals surface area contributed by atoms with Gasteiger partial charge in [-0.25, -0.2) is 4.79 Å². The van der Waals surface area contributed by atoms with Crippen molar-refractivity contribution in [2.75, 3.05) is 46.4 Å². The molecule has 146 valence electrons. The van der Waals surface area contributed by atoms with Crippen LogP contribution in [-0.2, 0) is 19.9 Å². The summed E-state index contributed by atoms with van der Waals surface area (Å²) in [7, 11) is 1.35. The number of benzene rings is 1. The first-order valence-electron chi connectivity index (χ1n) is 9.23. The average Bonchev–Trinajstić information content (AvgIpc) is 3.04. The fourth-order valence-electron chi connectivity index (χ4n) is 3.76. The van der Waals surface area contributed by atoms with E-state index < -0.39 is 5.54 Å². The Morgan fingerprint density at radius 3 is 2.56 bits per heavy atom. The van der Waals surface area contributed by atoms with Crippen molar-refractivity contribution in [3.05, 3.63) is 35.9 Å². The summed E-state index contributed by atoms with van der Waals surface area (Å²) < 4.78 is 4.78. The maximum absolute atomic E-state index is 12.8. The Hall–Kier alpha value is -2.61. The molecule has 1 atom stereocenters. The van der Waals surface area contributed by atoms with E-state index in [0.29, 0.717) is 26.1 Å².